The van der Waals surface area contributed by atoms with Crippen LogP contribution in [0.15, 0.2) is 61.1 Å². The maximum Gasteiger partial charge on any atom is 0.262 e. The molecule has 0 saturated heterocycles. The van der Waals surface area contributed by atoms with Gasteiger partial charge in [0.2, 0.25) is 0 Å². The number of nitrogens with zero attached hydrogens (tertiary/aromatic N) is 3. The van der Waals surface area contributed by atoms with E-state index >= 15 is 0 Å². The van der Waals surface area contributed by atoms with Gasteiger partial charge < -0.3 is 5.32 Å². The highest BCUT2D eigenvalue weighted by atomic mass is 35.5. The third kappa shape index (κ3) is 3.39. The molecule has 2 heterocycles. The summed E-state index contributed by atoms with van der Waals surface area (Å²) in [7, 11) is 0. The Morgan fingerprint density at radius 2 is 1.75 bits per heavy atom. The Morgan fingerprint density at radius 1 is 0.964 bits per heavy atom. The highest BCUT2D eigenvalue weighted by molar-refractivity contribution is 6.34. The van der Waals surface area contributed by atoms with Gasteiger partial charge in [-0.15, -0.1) is 0 Å². The molecule has 0 unspecified atom stereocenters. The number of anilines is 1. The zero-order valence-electron chi connectivity index (χ0n) is 14.2. The lowest BCUT2D eigenvalue weighted by atomic mass is 10.1. The largest absolute Gasteiger partial charge is 0.305 e. The van der Waals surface area contributed by atoms with Crippen molar-refractivity contribution >= 4 is 34.2 Å². The molecule has 0 radical (unpaired) electrons. The Balaban J connectivity index is 1.61. The molecular weight excluding hydrogens is 386 g/mol. The van der Waals surface area contributed by atoms with Crippen LogP contribution >= 0.6 is 11.6 Å². The van der Waals surface area contributed by atoms with Crippen LogP contribution in [0.4, 0.5) is 14.6 Å². The molecule has 138 valence electrons. The average molecular weight is 397 g/mol. The molecule has 28 heavy (non-hydrogen) atoms. The van der Waals surface area contributed by atoms with Gasteiger partial charge in [0, 0.05) is 17.1 Å². The number of carbonyl (C=O) groups is 1. The number of aromatic nitrogens is 3. The van der Waals surface area contributed by atoms with Crippen LogP contribution in [-0.2, 0) is 0 Å². The number of amides is 1. The predicted molar refractivity (Wildman–Crippen MR) is 102 cm³/mol. The Hall–Kier alpha value is -3.45. The third-order valence-corrected chi connectivity index (χ3v) is 4.36. The Bertz CT molecular complexity index is 1180. The van der Waals surface area contributed by atoms with Crippen molar-refractivity contribution in [1.82, 2.24) is 15.0 Å². The maximum absolute atomic E-state index is 13.7. The van der Waals surface area contributed by atoms with Gasteiger partial charge in [0.15, 0.2) is 5.82 Å². The zero-order valence-corrected chi connectivity index (χ0v) is 14.9. The summed E-state index contributed by atoms with van der Waals surface area (Å²) in [5.41, 5.74) is 1.15. The van der Waals surface area contributed by atoms with Gasteiger partial charge in [-0.3, -0.25) is 14.8 Å². The Labute approximate surface area is 163 Å². The van der Waals surface area contributed by atoms with E-state index in [0.29, 0.717) is 16.3 Å². The van der Waals surface area contributed by atoms with E-state index in [1.165, 1.54) is 18.5 Å². The van der Waals surface area contributed by atoms with Gasteiger partial charge in [-0.2, -0.15) is 0 Å². The van der Waals surface area contributed by atoms with Crippen LogP contribution in [0.3, 0.4) is 0 Å². The predicted octanol–water partition coefficient (Wildman–Crippen LogP) is 4.88. The topological polar surface area (TPSA) is 67.8 Å². The average Bonchev–Trinajstić information content (AvgIpc) is 2.68. The molecule has 2 aromatic carbocycles. The van der Waals surface area contributed by atoms with E-state index in [4.69, 9.17) is 11.6 Å². The zero-order chi connectivity index (χ0) is 19.7. The standard InChI is InChI=1S/C20H11ClF2N4O/c21-13-7-11-3-2-6-24-16(11)8-12(13)17-9-26-18(10-25-17)27-20(28)19-14(22)4-1-5-15(19)23/h1-10H,(H,26,27,28). The molecule has 0 aliphatic rings. The normalized spacial score (nSPS) is 10.8. The lowest BCUT2D eigenvalue weighted by molar-refractivity contribution is 0.101. The second-order valence-electron chi connectivity index (χ2n) is 5.87. The minimum absolute atomic E-state index is 0.0476. The third-order valence-electron chi connectivity index (χ3n) is 4.05. The molecule has 2 aromatic heterocycles. The second-order valence-corrected chi connectivity index (χ2v) is 6.27. The van der Waals surface area contributed by atoms with Crippen LogP contribution in [0.25, 0.3) is 22.2 Å². The minimum Gasteiger partial charge on any atom is -0.305 e. The van der Waals surface area contributed by atoms with Gasteiger partial charge in [-0.25, -0.2) is 13.8 Å². The quantitative estimate of drug-likeness (QED) is 0.536. The van der Waals surface area contributed by atoms with E-state index in [0.717, 1.165) is 23.0 Å². The number of hydrogen-bond acceptors (Lipinski definition) is 4. The molecule has 4 rings (SSSR count). The molecule has 1 amide bonds. The van der Waals surface area contributed by atoms with Gasteiger partial charge >= 0.3 is 0 Å². The van der Waals surface area contributed by atoms with E-state index < -0.39 is 23.1 Å². The Morgan fingerprint density at radius 3 is 2.46 bits per heavy atom. The van der Waals surface area contributed by atoms with Gasteiger partial charge in [-0.05, 0) is 30.3 Å². The SMILES string of the molecule is O=C(Nc1cnc(-c2cc3ncccc3cc2Cl)cn1)c1c(F)cccc1F. The summed E-state index contributed by atoms with van der Waals surface area (Å²) in [4.78, 5) is 24.7. The summed E-state index contributed by atoms with van der Waals surface area (Å²) >= 11 is 6.33. The number of halogens is 3. The van der Waals surface area contributed by atoms with E-state index in [-0.39, 0.29) is 5.82 Å². The van der Waals surface area contributed by atoms with E-state index in [1.54, 1.807) is 18.3 Å². The molecule has 1 N–H and O–H groups in total. The highest BCUT2D eigenvalue weighted by Gasteiger charge is 2.18. The van der Waals surface area contributed by atoms with Crippen LogP contribution in [-0.4, -0.2) is 20.9 Å². The first kappa shape index (κ1) is 17.9. The van der Waals surface area contributed by atoms with Crippen molar-refractivity contribution in [3.63, 3.8) is 0 Å². The Kier molecular flexibility index (Phi) is 4.67. The maximum atomic E-state index is 13.7. The monoisotopic (exact) mass is 396 g/mol. The van der Waals surface area contributed by atoms with Crippen molar-refractivity contribution in [2.24, 2.45) is 0 Å². The first-order valence-corrected chi connectivity index (χ1v) is 8.53. The minimum atomic E-state index is -0.961. The van der Waals surface area contributed by atoms with Crippen LogP contribution in [0.2, 0.25) is 5.02 Å². The van der Waals surface area contributed by atoms with Gasteiger partial charge in [-0.1, -0.05) is 23.7 Å². The second kappa shape index (κ2) is 7.28. The number of nitrogens with one attached hydrogen (secondary N) is 1. The van der Waals surface area contributed by atoms with Crippen LogP contribution in [0, 0.1) is 11.6 Å². The number of rotatable bonds is 3. The molecule has 8 heteroatoms. The molecule has 0 atom stereocenters. The first-order valence-electron chi connectivity index (χ1n) is 8.15. The van der Waals surface area contributed by atoms with Crippen molar-refractivity contribution in [3.8, 4) is 11.3 Å². The van der Waals surface area contributed by atoms with E-state index in [1.807, 2.05) is 12.1 Å². The van der Waals surface area contributed by atoms with Crippen molar-refractivity contribution in [3.05, 3.63) is 83.3 Å². The molecule has 0 fully saturated rings. The first-order chi connectivity index (χ1) is 13.5. The number of fused-ring (bicyclic) bond motifs is 1. The van der Waals surface area contributed by atoms with Gasteiger partial charge in [0.1, 0.15) is 17.2 Å². The summed E-state index contributed by atoms with van der Waals surface area (Å²) in [5.74, 6) is -2.83. The van der Waals surface area contributed by atoms with Gasteiger partial charge in [0.25, 0.3) is 5.91 Å². The number of pyridine rings is 1. The van der Waals surface area contributed by atoms with E-state index in [9.17, 15) is 13.6 Å². The van der Waals surface area contributed by atoms with Gasteiger partial charge in [0.05, 0.1) is 28.6 Å². The van der Waals surface area contributed by atoms with Crippen LogP contribution in [0.5, 0.6) is 0 Å². The summed E-state index contributed by atoms with van der Waals surface area (Å²) in [6.45, 7) is 0. The lowest BCUT2D eigenvalue weighted by Crippen LogP contribution is -2.16. The van der Waals surface area contributed by atoms with E-state index in [2.05, 4.69) is 20.3 Å². The summed E-state index contributed by atoms with van der Waals surface area (Å²) < 4.78 is 27.4. The molecule has 4 aromatic rings. The molecule has 0 saturated carbocycles. The van der Waals surface area contributed by atoms with Crippen LogP contribution < -0.4 is 5.32 Å². The van der Waals surface area contributed by atoms with Crippen molar-refractivity contribution in [2.45, 2.75) is 0 Å². The number of hydrogen-bond donors (Lipinski definition) is 1. The smallest absolute Gasteiger partial charge is 0.262 e. The lowest BCUT2D eigenvalue weighted by Gasteiger charge is -2.08. The summed E-state index contributed by atoms with van der Waals surface area (Å²) in [6.07, 6.45) is 4.36. The summed E-state index contributed by atoms with van der Waals surface area (Å²) in [6, 6.07) is 10.5. The molecule has 0 aliphatic carbocycles. The fourth-order valence-electron chi connectivity index (χ4n) is 2.71. The molecule has 5 nitrogen and oxygen atoms in total. The summed E-state index contributed by atoms with van der Waals surface area (Å²) in [5, 5.41) is 3.69. The van der Waals surface area contributed by atoms with Crippen molar-refractivity contribution in [1.29, 1.82) is 0 Å². The number of benzene rings is 2. The fourth-order valence-corrected chi connectivity index (χ4v) is 2.98. The fraction of sp³-hybridized carbons (Fsp3) is 0. The molecule has 0 bridgehead atoms. The molecule has 0 aliphatic heterocycles. The molecular formula is C20H11ClF2N4O. The van der Waals surface area contributed by atoms with Crippen LogP contribution in [0.1, 0.15) is 10.4 Å². The number of carbonyl (C=O) groups excluding carboxylic acids is 1. The highest BCUT2D eigenvalue weighted by Crippen LogP contribution is 2.30. The van der Waals surface area contributed by atoms with Crippen molar-refractivity contribution < 1.29 is 13.6 Å². The van der Waals surface area contributed by atoms with Crippen molar-refractivity contribution in [2.75, 3.05) is 5.32 Å². The molecule has 0 spiro atoms.